The minimum absolute atomic E-state index is 0.139. The molecule has 2 amide bonds. The Labute approximate surface area is 141 Å². The number of aromatic nitrogens is 1. The fourth-order valence-electron chi connectivity index (χ4n) is 3.01. The minimum atomic E-state index is -0.566. The molecule has 1 saturated heterocycles. The Morgan fingerprint density at radius 2 is 2.00 bits per heavy atom. The number of esters is 1. The van der Waals surface area contributed by atoms with Gasteiger partial charge in [0.05, 0.1) is 6.61 Å². The molecule has 130 valence electrons. The van der Waals surface area contributed by atoms with Crippen LogP contribution in [0.5, 0.6) is 0 Å². The lowest BCUT2D eigenvalue weighted by Gasteiger charge is -2.29. The second kappa shape index (κ2) is 6.27. The Balaban J connectivity index is 2.12. The van der Waals surface area contributed by atoms with Gasteiger partial charge in [0.2, 0.25) is 4.80 Å². The van der Waals surface area contributed by atoms with E-state index >= 15 is 0 Å². The summed E-state index contributed by atoms with van der Waals surface area (Å²) in [4.78, 5) is 40.6. The number of thiazole rings is 1. The maximum atomic E-state index is 12.7. The second-order valence-corrected chi connectivity index (χ2v) is 6.28. The van der Waals surface area contributed by atoms with Crippen molar-refractivity contribution in [1.82, 2.24) is 19.8 Å². The van der Waals surface area contributed by atoms with E-state index in [2.05, 4.69) is 10.5 Å². The summed E-state index contributed by atoms with van der Waals surface area (Å²) in [7, 11) is 0. The van der Waals surface area contributed by atoms with E-state index in [1.54, 1.807) is 16.7 Å². The van der Waals surface area contributed by atoms with E-state index in [1.807, 2.05) is 13.8 Å². The normalized spacial score (nSPS) is 22.8. The highest BCUT2D eigenvalue weighted by Crippen LogP contribution is 2.28. The average molecular weight is 353 g/mol. The number of hydrogen-bond acceptors (Lipinski definition) is 7. The van der Waals surface area contributed by atoms with Gasteiger partial charge in [0, 0.05) is 19.2 Å². The van der Waals surface area contributed by atoms with E-state index in [0.29, 0.717) is 17.9 Å². The molecule has 1 aromatic rings. The van der Waals surface area contributed by atoms with Crippen LogP contribution < -0.4 is 20.3 Å². The van der Waals surface area contributed by atoms with Gasteiger partial charge < -0.3 is 4.74 Å². The first-order chi connectivity index (χ1) is 11.5. The molecular weight excluding hydrogens is 334 g/mol. The van der Waals surface area contributed by atoms with Crippen molar-refractivity contribution in [3.63, 3.8) is 0 Å². The van der Waals surface area contributed by atoms with E-state index in [-0.39, 0.29) is 22.7 Å². The summed E-state index contributed by atoms with van der Waals surface area (Å²) in [6.07, 6.45) is 0.289. The summed E-state index contributed by atoms with van der Waals surface area (Å²) in [5, 5.41) is 4.21. The molecule has 1 N–H and O–H groups in total. The number of nitrogens with one attached hydrogen (secondary N) is 1. The second-order valence-electron chi connectivity index (χ2n) is 5.27. The van der Waals surface area contributed by atoms with Crippen LogP contribution in [0.25, 0.3) is 6.08 Å². The molecule has 0 saturated carbocycles. The van der Waals surface area contributed by atoms with E-state index in [0.717, 1.165) is 11.3 Å². The van der Waals surface area contributed by atoms with E-state index in [1.165, 1.54) is 10.6 Å². The fourth-order valence-corrected chi connectivity index (χ4v) is 3.94. The molecule has 0 bridgehead atoms. The largest absolute Gasteiger partial charge is 0.463 e. The number of ether oxygens (including phenoxy) is 1. The molecule has 2 aliphatic rings. The van der Waals surface area contributed by atoms with Crippen molar-refractivity contribution in [1.29, 1.82) is 0 Å². The smallest absolute Gasteiger partial charge is 0.332 e. The Kier molecular flexibility index (Phi) is 4.31. The number of nitrogens with zero attached hydrogens (tertiary/aromatic N) is 4. The van der Waals surface area contributed by atoms with Gasteiger partial charge in [-0.1, -0.05) is 11.3 Å². The van der Waals surface area contributed by atoms with Crippen LogP contribution in [0.4, 0.5) is 4.79 Å². The third-order valence-electron chi connectivity index (χ3n) is 4.04. The molecule has 9 nitrogen and oxygen atoms in total. The number of likely N-dealkylation sites (N-methyl/N-ethyl adjacent to an activating group) is 2. The Hall–Kier alpha value is -2.36. The standard InChI is InChI=1S/C14H19N5O4S/c1-4-17-10-11(18(5-2)14(17)22)19-12(21)8(7-9(20)23-6-3)24-13(19)16-15-10/h7,10-11,15H,4-6H2,1-3H3/b8-7-. The van der Waals surface area contributed by atoms with Crippen LogP contribution in [0.15, 0.2) is 9.90 Å². The maximum Gasteiger partial charge on any atom is 0.332 e. The van der Waals surface area contributed by atoms with Crippen LogP contribution in [-0.4, -0.2) is 52.2 Å². The lowest BCUT2D eigenvalue weighted by molar-refractivity contribution is -0.135. The predicted octanol–water partition coefficient (Wildman–Crippen LogP) is -1.01. The molecule has 0 spiro atoms. The first-order valence-corrected chi connectivity index (χ1v) is 8.65. The first-order valence-electron chi connectivity index (χ1n) is 7.83. The topological polar surface area (TPSA) is 96.2 Å². The summed E-state index contributed by atoms with van der Waals surface area (Å²) in [5.74, 6) is -0.566. The SMILES string of the molecule is CCOC(=O)/C=c1\sc2n(c1=O)C1C(NN=2)N(CC)C(=O)N1CC. The van der Waals surface area contributed by atoms with Crippen LogP contribution in [0, 0.1) is 0 Å². The molecule has 2 unspecified atom stereocenters. The zero-order valence-electron chi connectivity index (χ0n) is 13.7. The van der Waals surface area contributed by atoms with E-state index in [4.69, 9.17) is 4.74 Å². The quantitative estimate of drug-likeness (QED) is 0.700. The van der Waals surface area contributed by atoms with Crippen molar-refractivity contribution < 1.29 is 14.3 Å². The molecule has 2 aliphatic heterocycles. The van der Waals surface area contributed by atoms with Crippen molar-refractivity contribution in [2.75, 3.05) is 19.7 Å². The number of amides is 2. The number of rotatable bonds is 4. The molecule has 3 heterocycles. The molecule has 24 heavy (non-hydrogen) atoms. The zero-order valence-corrected chi connectivity index (χ0v) is 14.5. The molecule has 1 fully saturated rings. The molecular formula is C14H19N5O4S. The van der Waals surface area contributed by atoms with Gasteiger partial charge in [0.15, 0.2) is 12.3 Å². The number of carbonyl (C=O) groups is 2. The van der Waals surface area contributed by atoms with Gasteiger partial charge in [-0.25, -0.2) is 9.59 Å². The van der Waals surface area contributed by atoms with Crippen LogP contribution in [0.2, 0.25) is 0 Å². The van der Waals surface area contributed by atoms with Gasteiger partial charge in [-0.3, -0.25) is 24.6 Å². The van der Waals surface area contributed by atoms with Crippen molar-refractivity contribution in [3.05, 3.63) is 19.7 Å². The molecule has 3 rings (SSSR count). The van der Waals surface area contributed by atoms with E-state index in [9.17, 15) is 14.4 Å². The fraction of sp³-hybridized carbons (Fsp3) is 0.571. The van der Waals surface area contributed by atoms with Crippen molar-refractivity contribution in [2.45, 2.75) is 33.1 Å². The van der Waals surface area contributed by atoms with Crippen LogP contribution in [0.3, 0.4) is 0 Å². The zero-order chi connectivity index (χ0) is 17.4. The first kappa shape index (κ1) is 16.5. The summed E-state index contributed by atoms with van der Waals surface area (Å²) in [5.41, 5.74) is 2.62. The monoisotopic (exact) mass is 353 g/mol. The third kappa shape index (κ3) is 2.37. The molecule has 0 aromatic carbocycles. The average Bonchev–Trinajstić information content (AvgIpc) is 3.01. The number of carbonyl (C=O) groups excluding carboxylic acids is 2. The van der Waals surface area contributed by atoms with Crippen molar-refractivity contribution in [3.8, 4) is 0 Å². The highest BCUT2D eigenvalue weighted by Gasteiger charge is 2.48. The van der Waals surface area contributed by atoms with Crippen LogP contribution in [-0.2, 0) is 9.53 Å². The Morgan fingerprint density at radius 1 is 1.29 bits per heavy atom. The predicted molar refractivity (Wildman–Crippen MR) is 86.6 cm³/mol. The highest BCUT2D eigenvalue weighted by atomic mass is 32.1. The minimum Gasteiger partial charge on any atom is -0.463 e. The van der Waals surface area contributed by atoms with Crippen LogP contribution in [0.1, 0.15) is 26.9 Å². The summed E-state index contributed by atoms with van der Waals surface area (Å²) in [6.45, 7) is 6.66. The lowest BCUT2D eigenvalue weighted by Crippen LogP contribution is -2.53. The van der Waals surface area contributed by atoms with Gasteiger partial charge >= 0.3 is 12.0 Å². The maximum absolute atomic E-state index is 12.7. The van der Waals surface area contributed by atoms with Gasteiger partial charge in [0.25, 0.3) is 5.56 Å². The molecule has 10 heteroatoms. The van der Waals surface area contributed by atoms with Gasteiger partial charge in [0.1, 0.15) is 4.53 Å². The summed E-state index contributed by atoms with van der Waals surface area (Å²) in [6, 6.07) is -0.139. The van der Waals surface area contributed by atoms with Crippen molar-refractivity contribution in [2.24, 2.45) is 5.10 Å². The summed E-state index contributed by atoms with van der Waals surface area (Å²) >= 11 is 1.10. The van der Waals surface area contributed by atoms with Crippen molar-refractivity contribution >= 4 is 29.4 Å². The lowest BCUT2D eigenvalue weighted by atomic mass is 10.3. The third-order valence-corrected chi connectivity index (χ3v) is 5.02. The van der Waals surface area contributed by atoms with Gasteiger partial charge in [-0.15, -0.1) is 5.10 Å². The molecule has 0 radical (unpaired) electrons. The number of fused-ring (bicyclic) bond motifs is 3. The molecule has 1 aromatic heterocycles. The molecule has 2 atom stereocenters. The van der Waals surface area contributed by atoms with E-state index < -0.39 is 18.3 Å². The van der Waals surface area contributed by atoms with Gasteiger partial charge in [-0.2, -0.15) is 0 Å². The number of urea groups is 1. The highest BCUT2D eigenvalue weighted by molar-refractivity contribution is 7.07. The molecule has 0 aliphatic carbocycles. The summed E-state index contributed by atoms with van der Waals surface area (Å²) < 4.78 is 6.58. The number of hydrogen-bond donors (Lipinski definition) is 1. The van der Waals surface area contributed by atoms with Crippen LogP contribution >= 0.6 is 11.3 Å². The van der Waals surface area contributed by atoms with Gasteiger partial charge in [-0.05, 0) is 20.8 Å². The Morgan fingerprint density at radius 3 is 2.62 bits per heavy atom. The Bertz CT molecular complexity index is 844.